The maximum Gasteiger partial charge on any atom is 0.314 e. The Labute approximate surface area is 100 Å². The highest BCUT2D eigenvalue weighted by atomic mass is 19.1. The molecule has 4 N–H and O–H groups in total. The molecule has 0 aromatic heterocycles. The van der Waals surface area contributed by atoms with Crippen LogP contribution in [0.1, 0.15) is 12.0 Å². The number of carbonyl (C=O) groups is 1. The van der Waals surface area contributed by atoms with E-state index in [1.165, 1.54) is 12.1 Å². The number of benzene rings is 1. The number of rotatable bonds is 6. The van der Waals surface area contributed by atoms with Crippen LogP contribution in [-0.2, 0) is 6.42 Å². The van der Waals surface area contributed by atoms with Gasteiger partial charge in [-0.15, -0.1) is 0 Å². The predicted molar refractivity (Wildman–Crippen MR) is 64.9 cm³/mol. The first kappa shape index (κ1) is 13.4. The summed E-state index contributed by atoms with van der Waals surface area (Å²) in [5.41, 5.74) is 11.6. The summed E-state index contributed by atoms with van der Waals surface area (Å²) in [4.78, 5) is 12.7. The lowest BCUT2D eigenvalue weighted by Gasteiger charge is -2.19. The van der Waals surface area contributed by atoms with Crippen molar-refractivity contribution in [3.63, 3.8) is 0 Å². The summed E-state index contributed by atoms with van der Waals surface area (Å²) in [5, 5.41) is 0. The number of primary amides is 1. The standard InChI is InChI=1S/C12H18FN3O/c13-11-4-2-10(3-5-11)6-9-16(12(15)17)8-1-7-14/h2-5H,1,6-9,14H2,(H2,15,17). The third-order valence-electron chi connectivity index (χ3n) is 2.53. The zero-order chi connectivity index (χ0) is 12.7. The van der Waals surface area contributed by atoms with Gasteiger partial charge in [-0.3, -0.25) is 0 Å². The number of halogens is 1. The Morgan fingerprint density at radius 2 is 1.88 bits per heavy atom. The Morgan fingerprint density at radius 3 is 2.41 bits per heavy atom. The van der Waals surface area contributed by atoms with Gasteiger partial charge in [0.2, 0.25) is 0 Å². The summed E-state index contributed by atoms with van der Waals surface area (Å²) < 4.78 is 12.7. The third-order valence-corrected chi connectivity index (χ3v) is 2.53. The first-order chi connectivity index (χ1) is 8.13. The lowest BCUT2D eigenvalue weighted by Crippen LogP contribution is -2.38. The van der Waals surface area contributed by atoms with Gasteiger partial charge in [0.25, 0.3) is 0 Å². The zero-order valence-corrected chi connectivity index (χ0v) is 9.73. The Kier molecular flexibility index (Phi) is 5.42. The Morgan fingerprint density at radius 1 is 1.24 bits per heavy atom. The first-order valence-electron chi connectivity index (χ1n) is 5.62. The molecule has 17 heavy (non-hydrogen) atoms. The maximum absolute atomic E-state index is 12.7. The summed E-state index contributed by atoms with van der Waals surface area (Å²) in [7, 11) is 0. The molecule has 0 heterocycles. The highest BCUT2D eigenvalue weighted by molar-refractivity contribution is 5.71. The number of amides is 2. The summed E-state index contributed by atoms with van der Waals surface area (Å²) in [6.07, 6.45) is 1.39. The Balaban J connectivity index is 2.45. The van der Waals surface area contributed by atoms with Crippen molar-refractivity contribution in [3.8, 4) is 0 Å². The molecule has 0 aliphatic carbocycles. The van der Waals surface area contributed by atoms with E-state index >= 15 is 0 Å². The molecule has 0 bridgehead atoms. The third kappa shape index (κ3) is 4.82. The summed E-state index contributed by atoms with van der Waals surface area (Å²) in [6.45, 7) is 1.62. The molecule has 1 rings (SSSR count). The van der Waals surface area contributed by atoms with Gasteiger partial charge in [0.1, 0.15) is 5.82 Å². The summed E-state index contributed by atoms with van der Waals surface area (Å²) >= 11 is 0. The van der Waals surface area contributed by atoms with E-state index in [0.717, 1.165) is 12.0 Å². The van der Waals surface area contributed by atoms with Crippen molar-refractivity contribution in [1.29, 1.82) is 0 Å². The van der Waals surface area contributed by atoms with Crippen molar-refractivity contribution in [1.82, 2.24) is 4.90 Å². The van der Waals surface area contributed by atoms with Crippen LogP contribution in [0.3, 0.4) is 0 Å². The fraction of sp³-hybridized carbons (Fsp3) is 0.417. The van der Waals surface area contributed by atoms with Gasteiger partial charge < -0.3 is 16.4 Å². The largest absolute Gasteiger partial charge is 0.351 e. The second-order valence-corrected chi connectivity index (χ2v) is 3.84. The van der Waals surface area contributed by atoms with Gasteiger partial charge in [-0.1, -0.05) is 12.1 Å². The molecular weight excluding hydrogens is 221 g/mol. The maximum atomic E-state index is 12.7. The molecule has 1 aromatic carbocycles. The van der Waals surface area contributed by atoms with E-state index in [1.807, 2.05) is 0 Å². The molecule has 0 fully saturated rings. The lowest BCUT2D eigenvalue weighted by molar-refractivity contribution is 0.208. The fourth-order valence-electron chi connectivity index (χ4n) is 1.53. The van der Waals surface area contributed by atoms with E-state index in [2.05, 4.69) is 0 Å². The lowest BCUT2D eigenvalue weighted by atomic mass is 10.1. The van der Waals surface area contributed by atoms with Crippen LogP contribution in [0.5, 0.6) is 0 Å². The zero-order valence-electron chi connectivity index (χ0n) is 9.73. The second-order valence-electron chi connectivity index (χ2n) is 3.84. The normalized spacial score (nSPS) is 10.2. The Hall–Kier alpha value is -1.62. The monoisotopic (exact) mass is 239 g/mol. The highest BCUT2D eigenvalue weighted by Crippen LogP contribution is 2.04. The molecular formula is C12H18FN3O. The Bertz CT molecular complexity index is 353. The van der Waals surface area contributed by atoms with Crippen molar-refractivity contribution in [2.75, 3.05) is 19.6 Å². The van der Waals surface area contributed by atoms with Gasteiger partial charge in [0, 0.05) is 13.1 Å². The van der Waals surface area contributed by atoms with Crippen LogP contribution >= 0.6 is 0 Å². The second kappa shape index (κ2) is 6.85. The first-order valence-corrected chi connectivity index (χ1v) is 5.62. The van der Waals surface area contributed by atoms with Gasteiger partial charge in [-0.05, 0) is 37.1 Å². The van der Waals surface area contributed by atoms with Crippen molar-refractivity contribution in [3.05, 3.63) is 35.6 Å². The molecule has 0 aliphatic heterocycles. The van der Waals surface area contributed by atoms with Gasteiger partial charge >= 0.3 is 6.03 Å². The molecule has 2 amide bonds. The average Bonchev–Trinajstić information content (AvgIpc) is 2.31. The molecule has 0 saturated heterocycles. The molecule has 0 radical (unpaired) electrons. The van der Waals surface area contributed by atoms with Crippen LogP contribution in [0.25, 0.3) is 0 Å². The van der Waals surface area contributed by atoms with E-state index in [1.54, 1.807) is 17.0 Å². The van der Waals surface area contributed by atoms with Crippen LogP contribution < -0.4 is 11.5 Å². The topological polar surface area (TPSA) is 72.3 Å². The van der Waals surface area contributed by atoms with Gasteiger partial charge in [-0.25, -0.2) is 9.18 Å². The number of nitrogens with zero attached hydrogens (tertiary/aromatic N) is 1. The van der Waals surface area contributed by atoms with Crippen molar-refractivity contribution in [2.45, 2.75) is 12.8 Å². The van der Waals surface area contributed by atoms with Crippen LogP contribution in [0.15, 0.2) is 24.3 Å². The SMILES string of the molecule is NCCCN(CCc1ccc(F)cc1)C(N)=O. The minimum atomic E-state index is -0.444. The van der Waals surface area contributed by atoms with E-state index in [9.17, 15) is 9.18 Å². The van der Waals surface area contributed by atoms with Crippen LogP contribution in [-0.4, -0.2) is 30.6 Å². The van der Waals surface area contributed by atoms with E-state index < -0.39 is 6.03 Å². The number of urea groups is 1. The van der Waals surface area contributed by atoms with Gasteiger partial charge in [0.15, 0.2) is 0 Å². The minimum Gasteiger partial charge on any atom is -0.351 e. The van der Waals surface area contributed by atoms with Gasteiger partial charge in [-0.2, -0.15) is 0 Å². The molecule has 4 nitrogen and oxygen atoms in total. The van der Waals surface area contributed by atoms with E-state index in [4.69, 9.17) is 11.5 Å². The van der Waals surface area contributed by atoms with Crippen molar-refractivity contribution >= 4 is 6.03 Å². The molecule has 0 atom stereocenters. The van der Waals surface area contributed by atoms with E-state index in [0.29, 0.717) is 26.1 Å². The number of nitrogens with two attached hydrogens (primary N) is 2. The van der Waals surface area contributed by atoms with E-state index in [-0.39, 0.29) is 5.82 Å². The molecule has 0 unspecified atom stereocenters. The number of carbonyl (C=O) groups excluding carboxylic acids is 1. The van der Waals surface area contributed by atoms with Crippen LogP contribution in [0.4, 0.5) is 9.18 Å². The molecule has 5 heteroatoms. The van der Waals surface area contributed by atoms with Crippen LogP contribution in [0, 0.1) is 5.82 Å². The molecule has 0 saturated carbocycles. The fourth-order valence-corrected chi connectivity index (χ4v) is 1.53. The smallest absolute Gasteiger partial charge is 0.314 e. The quantitative estimate of drug-likeness (QED) is 0.780. The van der Waals surface area contributed by atoms with Crippen molar-refractivity contribution in [2.24, 2.45) is 11.5 Å². The summed E-state index contributed by atoms with van der Waals surface area (Å²) in [5.74, 6) is -0.261. The summed E-state index contributed by atoms with van der Waals surface area (Å²) in [6, 6.07) is 5.78. The molecule has 94 valence electrons. The molecule has 0 spiro atoms. The average molecular weight is 239 g/mol. The molecule has 0 aliphatic rings. The van der Waals surface area contributed by atoms with Crippen LogP contribution in [0.2, 0.25) is 0 Å². The molecule has 1 aromatic rings. The van der Waals surface area contributed by atoms with Crippen molar-refractivity contribution < 1.29 is 9.18 Å². The van der Waals surface area contributed by atoms with Gasteiger partial charge in [0.05, 0.1) is 0 Å². The number of hydrogen-bond donors (Lipinski definition) is 2. The highest BCUT2D eigenvalue weighted by Gasteiger charge is 2.08. The minimum absolute atomic E-state index is 0.261. The number of hydrogen-bond acceptors (Lipinski definition) is 2. The predicted octanol–water partition coefficient (Wildman–Crippen LogP) is 1.10.